The summed E-state index contributed by atoms with van der Waals surface area (Å²) < 4.78 is 13.0. The molecule has 1 unspecified atom stereocenters. The first-order valence-corrected chi connectivity index (χ1v) is 6.87. The van der Waals surface area contributed by atoms with Gasteiger partial charge in [-0.25, -0.2) is 4.39 Å². The van der Waals surface area contributed by atoms with E-state index in [0.717, 1.165) is 19.3 Å². The molecule has 1 aromatic rings. The lowest BCUT2D eigenvalue weighted by Gasteiger charge is -2.29. The molecule has 0 bridgehead atoms. The Morgan fingerprint density at radius 2 is 2.11 bits per heavy atom. The van der Waals surface area contributed by atoms with Gasteiger partial charge in [-0.1, -0.05) is 20.3 Å². The molecule has 0 saturated heterocycles. The molecule has 0 saturated carbocycles. The summed E-state index contributed by atoms with van der Waals surface area (Å²) in [5.74, 6) is -0.530. The second-order valence-electron chi connectivity index (χ2n) is 4.84. The number of hydrogen-bond donors (Lipinski definition) is 1. The number of nitrogens with two attached hydrogens (primary N) is 1. The van der Waals surface area contributed by atoms with Crippen LogP contribution >= 0.6 is 0 Å². The molecule has 0 fully saturated rings. The van der Waals surface area contributed by atoms with E-state index >= 15 is 0 Å². The summed E-state index contributed by atoms with van der Waals surface area (Å²) in [6.45, 7) is 6.87. The number of nitrogen functional groups attached to an aromatic ring is 1. The Labute approximate surface area is 114 Å². The molecule has 19 heavy (non-hydrogen) atoms. The Morgan fingerprint density at radius 1 is 1.42 bits per heavy atom. The number of carbonyl (C=O) groups excluding carboxylic acids is 1. The molecule has 0 heterocycles. The van der Waals surface area contributed by atoms with E-state index < -0.39 is 5.82 Å². The minimum Gasteiger partial charge on any atom is -0.398 e. The van der Waals surface area contributed by atoms with Crippen LogP contribution in [0.3, 0.4) is 0 Å². The van der Waals surface area contributed by atoms with Gasteiger partial charge in [-0.3, -0.25) is 4.79 Å². The molecule has 0 aromatic heterocycles. The topological polar surface area (TPSA) is 46.3 Å². The fraction of sp³-hybridized carbons (Fsp3) is 0.533. The monoisotopic (exact) mass is 266 g/mol. The molecule has 3 nitrogen and oxygen atoms in total. The first-order valence-electron chi connectivity index (χ1n) is 6.87. The van der Waals surface area contributed by atoms with Crippen molar-refractivity contribution in [3.8, 4) is 0 Å². The first-order chi connectivity index (χ1) is 9.01. The van der Waals surface area contributed by atoms with Crippen molar-refractivity contribution in [2.24, 2.45) is 0 Å². The number of carbonyl (C=O) groups is 1. The van der Waals surface area contributed by atoms with Gasteiger partial charge in [0.05, 0.1) is 5.56 Å². The van der Waals surface area contributed by atoms with Gasteiger partial charge in [-0.05, 0) is 38.0 Å². The second-order valence-corrected chi connectivity index (χ2v) is 4.84. The molecule has 1 aromatic carbocycles. The van der Waals surface area contributed by atoms with Crippen molar-refractivity contribution in [2.75, 3.05) is 12.3 Å². The molecule has 2 N–H and O–H groups in total. The lowest BCUT2D eigenvalue weighted by Crippen LogP contribution is -2.39. The van der Waals surface area contributed by atoms with Crippen LogP contribution in [-0.4, -0.2) is 23.4 Å². The molecule has 0 aliphatic heterocycles. The summed E-state index contributed by atoms with van der Waals surface area (Å²) in [6, 6.07) is 4.09. The number of halogens is 1. The zero-order chi connectivity index (χ0) is 14.4. The highest BCUT2D eigenvalue weighted by Gasteiger charge is 2.21. The van der Waals surface area contributed by atoms with E-state index in [9.17, 15) is 9.18 Å². The number of anilines is 1. The summed E-state index contributed by atoms with van der Waals surface area (Å²) in [5, 5.41) is 0. The standard InChI is InChI=1S/C15H23FN2O/c1-4-6-9-18(11(3)5-2)15(19)13-8-7-12(16)10-14(13)17/h7-8,10-11H,4-6,9,17H2,1-3H3. The second kappa shape index (κ2) is 7.12. The summed E-state index contributed by atoms with van der Waals surface area (Å²) in [4.78, 5) is 14.3. The van der Waals surface area contributed by atoms with Crippen molar-refractivity contribution in [1.29, 1.82) is 0 Å². The van der Waals surface area contributed by atoms with Crippen molar-refractivity contribution in [1.82, 2.24) is 4.90 Å². The van der Waals surface area contributed by atoms with Crippen LogP contribution in [0.1, 0.15) is 50.4 Å². The summed E-state index contributed by atoms with van der Waals surface area (Å²) in [5.41, 5.74) is 6.33. The fourth-order valence-corrected chi connectivity index (χ4v) is 1.95. The molecular formula is C15H23FN2O. The zero-order valence-corrected chi connectivity index (χ0v) is 11.9. The molecule has 0 radical (unpaired) electrons. The minimum absolute atomic E-state index is 0.111. The molecule has 106 valence electrons. The van der Waals surface area contributed by atoms with Crippen LogP contribution in [0, 0.1) is 5.82 Å². The van der Waals surface area contributed by atoms with Gasteiger partial charge in [0.25, 0.3) is 5.91 Å². The van der Waals surface area contributed by atoms with Gasteiger partial charge in [0.15, 0.2) is 0 Å². The zero-order valence-electron chi connectivity index (χ0n) is 11.9. The van der Waals surface area contributed by atoms with Crippen LogP contribution in [0.15, 0.2) is 18.2 Å². The molecule has 0 aliphatic rings. The predicted molar refractivity (Wildman–Crippen MR) is 76.5 cm³/mol. The third-order valence-corrected chi connectivity index (χ3v) is 3.38. The smallest absolute Gasteiger partial charge is 0.256 e. The Hall–Kier alpha value is -1.58. The lowest BCUT2D eigenvalue weighted by molar-refractivity contribution is 0.0686. The molecular weight excluding hydrogens is 243 g/mol. The molecule has 4 heteroatoms. The van der Waals surface area contributed by atoms with Crippen LogP contribution in [-0.2, 0) is 0 Å². The van der Waals surface area contributed by atoms with Crippen LogP contribution < -0.4 is 5.73 Å². The SMILES string of the molecule is CCCCN(C(=O)c1ccc(F)cc1N)C(C)CC. The van der Waals surface area contributed by atoms with Gasteiger partial charge < -0.3 is 10.6 Å². The van der Waals surface area contributed by atoms with Crippen molar-refractivity contribution >= 4 is 11.6 Å². The third kappa shape index (κ3) is 3.94. The van der Waals surface area contributed by atoms with Crippen molar-refractivity contribution in [3.63, 3.8) is 0 Å². The number of rotatable bonds is 6. The maximum atomic E-state index is 13.0. The third-order valence-electron chi connectivity index (χ3n) is 3.38. The number of nitrogens with zero attached hydrogens (tertiary/aromatic N) is 1. The van der Waals surface area contributed by atoms with Gasteiger partial charge in [0.1, 0.15) is 5.82 Å². The van der Waals surface area contributed by atoms with E-state index in [1.54, 1.807) is 0 Å². The summed E-state index contributed by atoms with van der Waals surface area (Å²) in [6.07, 6.45) is 2.87. The lowest BCUT2D eigenvalue weighted by atomic mass is 10.1. The van der Waals surface area contributed by atoms with E-state index in [2.05, 4.69) is 6.92 Å². The normalized spacial score (nSPS) is 12.2. The van der Waals surface area contributed by atoms with Crippen LogP contribution in [0.2, 0.25) is 0 Å². The van der Waals surface area contributed by atoms with Crippen molar-refractivity contribution in [2.45, 2.75) is 46.1 Å². The van der Waals surface area contributed by atoms with Gasteiger partial charge in [-0.15, -0.1) is 0 Å². The highest BCUT2D eigenvalue weighted by molar-refractivity contribution is 5.99. The Morgan fingerprint density at radius 3 is 2.63 bits per heavy atom. The number of amides is 1. The van der Waals surface area contributed by atoms with E-state index in [1.807, 2.05) is 18.7 Å². The van der Waals surface area contributed by atoms with Crippen LogP contribution in [0.4, 0.5) is 10.1 Å². The van der Waals surface area contributed by atoms with Crippen LogP contribution in [0.25, 0.3) is 0 Å². The highest BCUT2D eigenvalue weighted by atomic mass is 19.1. The molecule has 1 amide bonds. The number of benzene rings is 1. The highest BCUT2D eigenvalue weighted by Crippen LogP contribution is 2.18. The van der Waals surface area contributed by atoms with Gasteiger partial charge in [0.2, 0.25) is 0 Å². The van der Waals surface area contributed by atoms with Gasteiger partial charge >= 0.3 is 0 Å². The number of unbranched alkanes of at least 4 members (excludes halogenated alkanes) is 1. The summed E-state index contributed by atoms with van der Waals surface area (Å²) >= 11 is 0. The Bertz CT molecular complexity index is 434. The minimum atomic E-state index is -0.419. The van der Waals surface area contributed by atoms with Gasteiger partial charge in [-0.2, -0.15) is 0 Å². The van der Waals surface area contributed by atoms with E-state index in [4.69, 9.17) is 5.73 Å². The van der Waals surface area contributed by atoms with Crippen LogP contribution in [0.5, 0.6) is 0 Å². The molecule has 1 atom stereocenters. The number of hydrogen-bond acceptors (Lipinski definition) is 2. The van der Waals surface area contributed by atoms with E-state index in [0.29, 0.717) is 12.1 Å². The Balaban J connectivity index is 2.97. The average Bonchev–Trinajstić information content (AvgIpc) is 2.38. The largest absolute Gasteiger partial charge is 0.398 e. The molecule has 0 aliphatic carbocycles. The predicted octanol–water partition coefficient (Wildman–Crippen LogP) is 3.45. The van der Waals surface area contributed by atoms with E-state index in [-0.39, 0.29) is 17.6 Å². The first kappa shape index (κ1) is 15.5. The van der Waals surface area contributed by atoms with Crippen molar-refractivity contribution < 1.29 is 9.18 Å². The average molecular weight is 266 g/mol. The van der Waals surface area contributed by atoms with E-state index in [1.165, 1.54) is 18.2 Å². The van der Waals surface area contributed by atoms with Crippen molar-refractivity contribution in [3.05, 3.63) is 29.6 Å². The summed E-state index contributed by atoms with van der Waals surface area (Å²) in [7, 11) is 0. The Kier molecular flexibility index (Phi) is 5.80. The van der Waals surface area contributed by atoms with Gasteiger partial charge in [0, 0.05) is 18.3 Å². The molecule has 0 spiro atoms. The maximum absolute atomic E-state index is 13.0. The quantitative estimate of drug-likeness (QED) is 0.802. The maximum Gasteiger partial charge on any atom is 0.256 e. The fourth-order valence-electron chi connectivity index (χ4n) is 1.95. The molecule has 1 rings (SSSR count).